The van der Waals surface area contributed by atoms with Crippen molar-refractivity contribution in [1.82, 2.24) is 24.6 Å². The highest BCUT2D eigenvalue weighted by molar-refractivity contribution is 7.99. The highest BCUT2D eigenvalue weighted by Gasteiger charge is 2.14. The van der Waals surface area contributed by atoms with Crippen LogP contribution >= 0.6 is 23.1 Å². The van der Waals surface area contributed by atoms with Gasteiger partial charge in [0, 0.05) is 0 Å². The van der Waals surface area contributed by atoms with Crippen LogP contribution in [0.4, 0.5) is 5.13 Å². The Morgan fingerprint density at radius 2 is 1.92 bits per heavy atom. The fourth-order valence-corrected chi connectivity index (χ4v) is 4.39. The van der Waals surface area contributed by atoms with E-state index in [-0.39, 0.29) is 11.7 Å². The number of nitrogens with zero attached hydrogens (tertiary/aromatic N) is 4. The van der Waals surface area contributed by atoms with Gasteiger partial charge in [0.1, 0.15) is 0 Å². The third kappa shape index (κ3) is 2.61. The largest absolute Gasteiger partial charge is 0.301 e. The fraction of sp³-hybridized carbons (Fsp3) is 0.0588. The van der Waals surface area contributed by atoms with E-state index >= 15 is 0 Å². The maximum Gasteiger partial charge on any atom is 0.236 e. The number of nitrogens with one attached hydrogen (secondary N) is 2. The molecular formula is C17H12N6OS2. The lowest BCUT2D eigenvalue weighted by Crippen LogP contribution is -2.14. The molecule has 2 N–H and O–H groups in total. The van der Waals surface area contributed by atoms with Crippen molar-refractivity contribution in [3.8, 4) is 0 Å². The number of aromatic amines is 1. The molecule has 0 atom stereocenters. The van der Waals surface area contributed by atoms with Gasteiger partial charge >= 0.3 is 0 Å². The first-order chi connectivity index (χ1) is 12.8. The highest BCUT2D eigenvalue weighted by atomic mass is 32.2. The summed E-state index contributed by atoms with van der Waals surface area (Å²) in [7, 11) is 0. The molecule has 0 fully saturated rings. The summed E-state index contributed by atoms with van der Waals surface area (Å²) in [6.07, 6.45) is 0. The molecule has 5 aromatic rings. The number of anilines is 1. The van der Waals surface area contributed by atoms with E-state index in [0.717, 1.165) is 21.3 Å². The Kier molecular flexibility index (Phi) is 3.61. The predicted molar refractivity (Wildman–Crippen MR) is 104 cm³/mol. The van der Waals surface area contributed by atoms with E-state index in [1.165, 1.54) is 23.1 Å². The molecule has 0 aliphatic carbocycles. The third-order valence-corrected chi connectivity index (χ3v) is 5.77. The second-order valence-corrected chi connectivity index (χ2v) is 7.56. The fourth-order valence-electron chi connectivity index (χ4n) is 2.75. The molecule has 3 heterocycles. The van der Waals surface area contributed by atoms with Crippen molar-refractivity contribution in [2.75, 3.05) is 11.1 Å². The van der Waals surface area contributed by atoms with Crippen LogP contribution < -0.4 is 5.32 Å². The van der Waals surface area contributed by atoms with Gasteiger partial charge in [0.2, 0.25) is 11.7 Å². The first kappa shape index (κ1) is 15.4. The maximum absolute atomic E-state index is 12.3. The van der Waals surface area contributed by atoms with E-state index < -0.39 is 0 Å². The molecule has 0 spiro atoms. The normalized spacial score (nSPS) is 11.5. The molecule has 128 valence electrons. The number of amides is 1. The lowest BCUT2D eigenvalue weighted by atomic mass is 10.3. The van der Waals surface area contributed by atoms with Crippen molar-refractivity contribution in [3.05, 3.63) is 48.5 Å². The molecule has 3 aromatic heterocycles. The van der Waals surface area contributed by atoms with Crippen molar-refractivity contribution in [2.24, 2.45) is 0 Å². The second kappa shape index (κ2) is 6.11. The number of carbonyl (C=O) groups excluding carboxylic acids is 1. The molecule has 2 aromatic carbocycles. The predicted octanol–water partition coefficient (Wildman–Crippen LogP) is 3.55. The van der Waals surface area contributed by atoms with E-state index in [2.05, 4.69) is 25.5 Å². The number of aromatic nitrogens is 5. The van der Waals surface area contributed by atoms with Gasteiger partial charge in [0.05, 0.1) is 27.0 Å². The molecule has 0 saturated carbocycles. The van der Waals surface area contributed by atoms with E-state index in [1.54, 1.807) is 0 Å². The Morgan fingerprint density at radius 3 is 2.81 bits per heavy atom. The summed E-state index contributed by atoms with van der Waals surface area (Å²) in [6.45, 7) is 0. The minimum atomic E-state index is -0.116. The highest BCUT2D eigenvalue weighted by Crippen LogP contribution is 2.26. The van der Waals surface area contributed by atoms with Crippen LogP contribution in [0.2, 0.25) is 0 Å². The van der Waals surface area contributed by atoms with Gasteiger partial charge in [-0.05, 0) is 24.3 Å². The molecule has 7 nitrogen and oxygen atoms in total. The first-order valence-electron chi connectivity index (χ1n) is 7.88. The molecule has 0 aliphatic rings. The van der Waals surface area contributed by atoms with Crippen LogP contribution in [0.1, 0.15) is 0 Å². The van der Waals surface area contributed by atoms with Gasteiger partial charge in [-0.15, -0.1) is 5.10 Å². The van der Waals surface area contributed by atoms with Crippen molar-refractivity contribution >= 4 is 61.2 Å². The van der Waals surface area contributed by atoms with Crippen LogP contribution in [0.3, 0.4) is 0 Å². The summed E-state index contributed by atoms with van der Waals surface area (Å²) in [5.74, 6) is 0.789. The average molecular weight is 380 g/mol. The molecule has 0 bridgehead atoms. The summed E-state index contributed by atoms with van der Waals surface area (Å²) in [6, 6.07) is 15.6. The number of thiazole rings is 1. The Hall–Kier alpha value is -2.91. The number of para-hydroxylation sites is 3. The van der Waals surface area contributed by atoms with Gasteiger partial charge in [-0.3, -0.25) is 9.20 Å². The van der Waals surface area contributed by atoms with Crippen LogP contribution in [0.5, 0.6) is 0 Å². The molecule has 0 unspecified atom stereocenters. The van der Waals surface area contributed by atoms with Crippen molar-refractivity contribution in [1.29, 1.82) is 0 Å². The van der Waals surface area contributed by atoms with Gasteiger partial charge < -0.3 is 5.32 Å². The molecule has 0 saturated heterocycles. The first-order valence-corrected chi connectivity index (χ1v) is 9.68. The van der Waals surface area contributed by atoms with Crippen molar-refractivity contribution < 1.29 is 4.79 Å². The van der Waals surface area contributed by atoms with Crippen molar-refractivity contribution in [3.63, 3.8) is 0 Å². The number of imidazole rings is 1. The van der Waals surface area contributed by atoms with Gasteiger partial charge in [0.25, 0.3) is 0 Å². The van der Waals surface area contributed by atoms with E-state index in [0.29, 0.717) is 16.1 Å². The number of carbonyl (C=O) groups is 1. The molecule has 0 radical (unpaired) electrons. The summed E-state index contributed by atoms with van der Waals surface area (Å²) in [5.41, 5.74) is 2.74. The zero-order valence-corrected chi connectivity index (χ0v) is 15.0. The topological polar surface area (TPSA) is 88.0 Å². The maximum atomic E-state index is 12.3. The SMILES string of the molecule is O=C(CSc1n[nH]c2nc3ccccc3n12)Nc1nc2ccccc2s1. The molecular weight excluding hydrogens is 368 g/mol. The van der Waals surface area contributed by atoms with Crippen LogP contribution in [-0.4, -0.2) is 36.2 Å². The molecule has 0 aliphatic heterocycles. The van der Waals surface area contributed by atoms with Crippen molar-refractivity contribution in [2.45, 2.75) is 5.16 Å². The smallest absolute Gasteiger partial charge is 0.236 e. The summed E-state index contributed by atoms with van der Waals surface area (Å²) in [5, 5.41) is 11.3. The third-order valence-electron chi connectivity index (χ3n) is 3.88. The van der Waals surface area contributed by atoms with Gasteiger partial charge in [-0.1, -0.05) is 47.4 Å². The Balaban J connectivity index is 1.34. The summed E-state index contributed by atoms with van der Waals surface area (Å²) in [4.78, 5) is 21.2. The molecule has 26 heavy (non-hydrogen) atoms. The number of fused-ring (bicyclic) bond motifs is 4. The number of H-pyrrole nitrogens is 1. The lowest BCUT2D eigenvalue weighted by Gasteiger charge is -2.00. The Bertz CT molecular complexity index is 1220. The molecule has 9 heteroatoms. The van der Waals surface area contributed by atoms with Crippen LogP contribution in [0, 0.1) is 0 Å². The van der Waals surface area contributed by atoms with Crippen LogP contribution in [0.15, 0.2) is 53.7 Å². The van der Waals surface area contributed by atoms with E-state index in [9.17, 15) is 4.79 Å². The number of rotatable bonds is 4. The van der Waals surface area contributed by atoms with Crippen LogP contribution in [0.25, 0.3) is 27.0 Å². The Labute approximate surface area is 155 Å². The lowest BCUT2D eigenvalue weighted by molar-refractivity contribution is -0.113. The van der Waals surface area contributed by atoms with E-state index in [1.807, 2.05) is 52.9 Å². The number of hydrogen-bond donors (Lipinski definition) is 2. The monoisotopic (exact) mass is 380 g/mol. The Morgan fingerprint density at radius 1 is 1.12 bits per heavy atom. The molecule has 1 amide bonds. The number of thioether (sulfide) groups is 1. The minimum Gasteiger partial charge on any atom is -0.301 e. The van der Waals surface area contributed by atoms with Crippen LogP contribution in [-0.2, 0) is 4.79 Å². The average Bonchev–Trinajstić information content (AvgIpc) is 3.32. The van der Waals surface area contributed by atoms with Gasteiger partial charge in [-0.25, -0.2) is 15.1 Å². The zero-order chi connectivity index (χ0) is 17.5. The van der Waals surface area contributed by atoms with Gasteiger partial charge in [-0.2, -0.15) is 0 Å². The summed E-state index contributed by atoms with van der Waals surface area (Å²) < 4.78 is 2.97. The molecule has 5 rings (SSSR count). The second-order valence-electron chi connectivity index (χ2n) is 5.59. The summed E-state index contributed by atoms with van der Waals surface area (Å²) >= 11 is 2.82. The standard InChI is InChI=1S/C17H12N6OS2/c24-14(20-16-19-11-6-2-4-8-13(11)26-16)9-25-17-22-21-15-18-10-5-1-3-7-12(10)23(15)17/h1-8H,9H2,(H,18,21)(H,19,20,24). The number of benzene rings is 2. The number of hydrogen-bond acceptors (Lipinski definition) is 6. The quantitative estimate of drug-likeness (QED) is 0.466. The minimum absolute atomic E-state index is 0.116. The zero-order valence-electron chi connectivity index (χ0n) is 13.3. The van der Waals surface area contributed by atoms with E-state index in [4.69, 9.17) is 0 Å². The van der Waals surface area contributed by atoms with Gasteiger partial charge in [0.15, 0.2) is 10.3 Å².